The molecule has 1 aromatic heterocycles. The van der Waals surface area contributed by atoms with Crippen LogP contribution in [-0.4, -0.2) is 21.9 Å². The van der Waals surface area contributed by atoms with E-state index in [0.29, 0.717) is 12.2 Å². The molecule has 1 aliphatic rings. The van der Waals surface area contributed by atoms with Crippen LogP contribution in [0.15, 0.2) is 47.3 Å². The second kappa shape index (κ2) is 5.10. The number of hydrogen-bond donors (Lipinski definition) is 2. The molecule has 0 amide bonds. The van der Waals surface area contributed by atoms with Gasteiger partial charge in [0.1, 0.15) is 5.75 Å². The number of nitrogens with one attached hydrogen (secondary N) is 1. The van der Waals surface area contributed by atoms with E-state index >= 15 is 0 Å². The molecule has 0 fully saturated rings. The summed E-state index contributed by atoms with van der Waals surface area (Å²) >= 11 is 0. The minimum atomic E-state index is -0.290. The van der Waals surface area contributed by atoms with Crippen LogP contribution in [0.1, 0.15) is 17.4 Å². The lowest BCUT2D eigenvalue weighted by atomic mass is 9.95. The Labute approximate surface area is 132 Å². The first-order valence-electron chi connectivity index (χ1n) is 7.38. The predicted octanol–water partition coefficient (Wildman–Crippen LogP) is 1.79. The Balaban J connectivity index is 1.85. The molecule has 116 valence electrons. The van der Waals surface area contributed by atoms with E-state index in [1.54, 1.807) is 11.7 Å². The second-order valence-electron chi connectivity index (χ2n) is 5.61. The van der Waals surface area contributed by atoms with Gasteiger partial charge >= 0.3 is 5.69 Å². The lowest BCUT2D eigenvalue weighted by Crippen LogP contribution is -2.28. The topological polar surface area (TPSA) is 85.9 Å². The SMILES string of the molecule is COc1cccc(-c2ccc3c(c2)CC(N)c2n[nH]c(=O)n2-3)c1. The highest BCUT2D eigenvalue weighted by Crippen LogP contribution is 2.31. The number of fused-ring (bicyclic) bond motifs is 3. The van der Waals surface area contributed by atoms with Crippen molar-refractivity contribution in [1.29, 1.82) is 0 Å². The molecule has 0 saturated heterocycles. The fraction of sp³-hybridized carbons (Fsp3) is 0.176. The summed E-state index contributed by atoms with van der Waals surface area (Å²) in [7, 11) is 1.65. The minimum absolute atomic E-state index is 0.259. The van der Waals surface area contributed by atoms with Crippen molar-refractivity contribution in [1.82, 2.24) is 14.8 Å². The Morgan fingerprint density at radius 3 is 2.91 bits per heavy atom. The molecule has 0 bridgehead atoms. The summed E-state index contributed by atoms with van der Waals surface area (Å²) in [6.45, 7) is 0. The van der Waals surface area contributed by atoms with Crippen LogP contribution in [0, 0.1) is 0 Å². The summed E-state index contributed by atoms with van der Waals surface area (Å²) in [5, 5.41) is 6.50. The number of nitrogens with two attached hydrogens (primary N) is 1. The maximum absolute atomic E-state index is 12.0. The molecule has 1 aliphatic heterocycles. The molecular weight excluding hydrogens is 292 g/mol. The lowest BCUT2D eigenvalue weighted by Gasteiger charge is -2.22. The fourth-order valence-corrected chi connectivity index (χ4v) is 3.07. The van der Waals surface area contributed by atoms with Crippen LogP contribution in [0.4, 0.5) is 0 Å². The summed E-state index contributed by atoms with van der Waals surface area (Å²) in [5.41, 5.74) is 9.89. The zero-order valence-corrected chi connectivity index (χ0v) is 12.6. The van der Waals surface area contributed by atoms with E-state index in [1.807, 2.05) is 36.4 Å². The Morgan fingerprint density at radius 1 is 1.26 bits per heavy atom. The van der Waals surface area contributed by atoms with E-state index in [0.717, 1.165) is 28.1 Å². The lowest BCUT2D eigenvalue weighted by molar-refractivity contribution is 0.415. The van der Waals surface area contributed by atoms with Crippen LogP contribution in [0.25, 0.3) is 16.8 Å². The van der Waals surface area contributed by atoms with E-state index in [2.05, 4.69) is 16.3 Å². The van der Waals surface area contributed by atoms with E-state index in [9.17, 15) is 4.79 Å². The van der Waals surface area contributed by atoms with Gasteiger partial charge in [-0.2, -0.15) is 5.10 Å². The smallest absolute Gasteiger partial charge is 0.347 e. The quantitative estimate of drug-likeness (QED) is 0.756. The molecule has 2 aromatic carbocycles. The van der Waals surface area contributed by atoms with Crippen LogP contribution < -0.4 is 16.2 Å². The third-order valence-corrected chi connectivity index (χ3v) is 4.19. The predicted molar refractivity (Wildman–Crippen MR) is 86.8 cm³/mol. The zero-order chi connectivity index (χ0) is 16.0. The van der Waals surface area contributed by atoms with Crippen LogP contribution in [0.2, 0.25) is 0 Å². The minimum Gasteiger partial charge on any atom is -0.497 e. The van der Waals surface area contributed by atoms with E-state index in [4.69, 9.17) is 10.5 Å². The number of ether oxygens (including phenoxy) is 1. The van der Waals surface area contributed by atoms with Crippen molar-refractivity contribution in [2.45, 2.75) is 12.5 Å². The molecule has 0 radical (unpaired) electrons. The number of H-pyrrole nitrogens is 1. The van der Waals surface area contributed by atoms with Crippen molar-refractivity contribution in [2.75, 3.05) is 7.11 Å². The summed E-state index contributed by atoms with van der Waals surface area (Å²) in [5.74, 6) is 1.39. The highest BCUT2D eigenvalue weighted by Gasteiger charge is 2.25. The fourth-order valence-electron chi connectivity index (χ4n) is 3.07. The van der Waals surface area contributed by atoms with Gasteiger partial charge < -0.3 is 10.5 Å². The van der Waals surface area contributed by atoms with Gasteiger partial charge in [0.15, 0.2) is 5.82 Å². The van der Waals surface area contributed by atoms with Gasteiger partial charge in [-0.05, 0) is 47.4 Å². The van der Waals surface area contributed by atoms with Crippen molar-refractivity contribution in [2.24, 2.45) is 5.73 Å². The highest BCUT2D eigenvalue weighted by molar-refractivity contribution is 5.68. The Bertz CT molecular complexity index is 942. The van der Waals surface area contributed by atoms with Gasteiger partial charge in [0.2, 0.25) is 0 Å². The average molecular weight is 308 g/mol. The Morgan fingerprint density at radius 2 is 2.09 bits per heavy atom. The highest BCUT2D eigenvalue weighted by atomic mass is 16.5. The zero-order valence-electron chi connectivity index (χ0n) is 12.6. The first-order valence-corrected chi connectivity index (χ1v) is 7.38. The molecular formula is C17H16N4O2. The Hall–Kier alpha value is -2.86. The molecule has 2 heterocycles. The number of nitrogens with zero attached hydrogens (tertiary/aromatic N) is 2. The van der Waals surface area contributed by atoms with Crippen LogP contribution in [0.5, 0.6) is 5.75 Å². The molecule has 23 heavy (non-hydrogen) atoms. The number of aromatic nitrogens is 3. The van der Waals surface area contributed by atoms with E-state index in [1.165, 1.54) is 0 Å². The average Bonchev–Trinajstić information content (AvgIpc) is 2.97. The first kappa shape index (κ1) is 13.8. The van der Waals surface area contributed by atoms with Crippen molar-refractivity contribution in [3.05, 3.63) is 64.3 Å². The molecule has 0 saturated carbocycles. The van der Waals surface area contributed by atoms with Crippen molar-refractivity contribution in [3.63, 3.8) is 0 Å². The molecule has 1 unspecified atom stereocenters. The molecule has 6 nitrogen and oxygen atoms in total. The second-order valence-corrected chi connectivity index (χ2v) is 5.61. The van der Waals surface area contributed by atoms with Gasteiger partial charge in [-0.3, -0.25) is 0 Å². The van der Waals surface area contributed by atoms with Crippen molar-refractivity contribution in [3.8, 4) is 22.6 Å². The summed E-state index contributed by atoms with van der Waals surface area (Å²) in [4.78, 5) is 12.0. The summed E-state index contributed by atoms with van der Waals surface area (Å²) in [6, 6.07) is 13.6. The van der Waals surface area contributed by atoms with Crippen LogP contribution in [0.3, 0.4) is 0 Å². The maximum Gasteiger partial charge on any atom is 0.347 e. The van der Waals surface area contributed by atoms with Crippen molar-refractivity contribution >= 4 is 0 Å². The molecule has 3 aromatic rings. The third-order valence-electron chi connectivity index (χ3n) is 4.19. The number of methoxy groups -OCH3 is 1. The third kappa shape index (κ3) is 2.15. The number of hydrogen-bond acceptors (Lipinski definition) is 4. The van der Waals surface area contributed by atoms with E-state index < -0.39 is 0 Å². The van der Waals surface area contributed by atoms with Gasteiger partial charge in [-0.25, -0.2) is 14.5 Å². The number of aromatic amines is 1. The largest absolute Gasteiger partial charge is 0.497 e. The van der Waals surface area contributed by atoms with E-state index in [-0.39, 0.29) is 11.7 Å². The standard InChI is InChI=1S/C17H16N4O2/c1-23-13-4-2-3-10(8-13)11-5-6-15-12(7-11)9-14(18)16-19-20-17(22)21(15)16/h2-8,14H,9,18H2,1H3,(H,20,22). The van der Waals surface area contributed by atoms with Gasteiger partial charge in [0.25, 0.3) is 0 Å². The molecule has 4 rings (SSSR count). The number of benzene rings is 2. The molecule has 0 spiro atoms. The Kier molecular flexibility index (Phi) is 3.06. The molecule has 3 N–H and O–H groups in total. The van der Waals surface area contributed by atoms with Gasteiger partial charge in [0.05, 0.1) is 18.8 Å². The summed E-state index contributed by atoms with van der Waals surface area (Å²) in [6.07, 6.45) is 0.650. The van der Waals surface area contributed by atoms with Gasteiger partial charge in [-0.1, -0.05) is 18.2 Å². The maximum atomic E-state index is 12.0. The van der Waals surface area contributed by atoms with Crippen molar-refractivity contribution < 1.29 is 4.74 Å². The monoisotopic (exact) mass is 308 g/mol. The van der Waals surface area contributed by atoms with Crippen LogP contribution >= 0.6 is 0 Å². The first-order chi connectivity index (χ1) is 11.2. The molecule has 6 heteroatoms. The summed E-state index contributed by atoms with van der Waals surface area (Å²) < 4.78 is 6.83. The number of rotatable bonds is 2. The van der Waals surface area contributed by atoms with Gasteiger partial charge in [0, 0.05) is 0 Å². The molecule has 0 aliphatic carbocycles. The van der Waals surface area contributed by atoms with Crippen LogP contribution in [-0.2, 0) is 6.42 Å². The molecule has 1 atom stereocenters. The van der Waals surface area contributed by atoms with Gasteiger partial charge in [-0.15, -0.1) is 0 Å². The normalized spacial score (nSPS) is 15.8.